The molecule has 0 aromatic carbocycles. The first kappa shape index (κ1) is 15.2. The fourth-order valence-corrected chi connectivity index (χ4v) is 2.02. The van der Waals surface area contributed by atoms with Crippen LogP contribution >= 0.6 is 12.2 Å². The van der Waals surface area contributed by atoms with E-state index in [1.165, 1.54) is 0 Å². The molecule has 0 unspecified atom stereocenters. The molecular weight excluding hydrogens is 284 g/mol. The number of methoxy groups -OCH3 is 1. The zero-order valence-electron chi connectivity index (χ0n) is 11.9. The van der Waals surface area contributed by atoms with Crippen molar-refractivity contribution in [3.8, 4) is 5.88 Å². The summed E-state index contributed by atoms with van der Waals surface area (Å²) in [4.78, 5) is 11.2. The number of pyridine rings is 2. The van der Waals surface area contributed by atoms with Crippen LogP contribution in [0.2, 0.25) is 0 Å². The van der Waals surface area contributed by atoms with Gasteiger partial charge in [-0.2, -0.15) is 4.98 Å². The number of rotatable bonds is 7. The lowest BCUT2D eigenvalue weighted by molar-refractivity contribution is 0.398. The molecule has 0 aliphatic heterocycles. The first-order valence-electron chi connectivity index (χ1n) is 6.62. The van der Waals surface area contributed by atoms with Crippen LogP contribution in [0.1, 0.15) is 12.0 Å². The highest BCUT2D eigenvalue weighted by Crippen LogP contribution is 2.18. The summed E-state index contributed by atoms with van der Waals surface area (Å²) in [7, 11) is 1.60. The predicted octanol–water partition coefficient (Wildman–Crippen LogP) is 2.17. The van der Waals surface area contributed by atoms with Crippen LogP contribution in [-0.4, -0.2) is 28.6 Å². The topological polar surface area (TPSA) is 64.3 Å². The summed E-state index contributed by atoms with van der Waals surface area (Å²) in [6.07, 6.45) is 4.23. The predicted molar refractivity (Wildman–Crippen MR) is 87.5 cm³/mol. The van der Waals surface area contributed by atoms with Crippen LogP contribution in [0.15, 0.2) is 42.7 Å². The van der Waals surface area contributed by atoms with Gasteiger partial charge in [0, 0.05) is 38.0 Å². The van der Waals surface area contributed by atoms with E-state index >= 15 is 0 Å². The van der Waals surface area contributed by atoms with Crippen molar-refractivity contribution in [1.29, 1.82) is 0 Å². The molecule has 6 heteroatoms. The normalized spacial score (nSPS) is 10.1. The number of ether oxygens (including phenoxy) is 1. The van der Waals surface area contributed by atoms with E-state index in [2.05, 4.69) is 14.9 Å². The highest BCUT2D eigenvalue weighted by molar-refractivity contribution is 7.80. The van der Waals surface area contributed by atoms with Gasteiger partial charge >= 0.3 is 0 Å². The molecule has 0 aliphatic carbocycles. The summed E-state index contributed by atoms with van der Waals surface area (Å²) in [5, 5.41) is 0. The van der Waals surface area contributed by atoms with Crippen LogP contribution in [0.5, 0.6) is 5.88 Å². The van der Waals surface area contributed by atoms with Crippen LogP contribution < -0.4 is 15.4 Å². The minimum atomic E-state index is 0.495. The second-order valence-electron chi connectivity index (χ2n) is 4.54. The lowest BCUT2D eigenvalue weighted by Crippen LogP contribution is -2.28. The van der Waals surface area contributed by atoms with Crippen LogP contribution in [-0.2, 0) is 6.54 Å². The zero-order valence-corrected chi connectivity index (χ0v) is 12.7. The van der Waals surface area contributed by atoms with Gasteiger partial charge < -0.3 is 15.4 Å². The Kier molecular flexibility index (Phi) is 5.45. The van der Waals surface area contributed by atoms with Gasteiger partial charge in [-0.05, 0) is 17.7 Å². The Bertz CT molecular complexity index is 591. The second-order valence-corrected chi connectivity index (χ2v) is 5.06. The van der Waals surface area contributed by atoms with Crippen molar-refractivity contribution in [2.45, 2.75) is 13.0 Å². The number of hydrogen-bond donors (Lipinski definition) is 1. The first-order chi connectivity index (χ1) is 10.2. The summed E-state index contributed by atoms with van der Waals surface area (Å²) in [6.45, 7) is 1.39. The molecule has 0 fully saturated rings. The molecule has 2 aromatic heterocycles. The van der Waals surface area contributed by atoms with Crippen LogP contribution in [0.4, 0.5) is 5.82 Å². The minimum absolute atomic E-state index is 0.495. The molecule has 0 bridgehead atoms. The lowest BCUT2D eigenvalue weighted by atomic mass is 10.2. The Morgan fingerprint density at radius 2 is 2.19 bits per heavy atom. The average molecular weight is 302 g/mol. The molecule has 2 aromatic rings. The van der Waals surface area contributed by atoms with E-state index in [9.17, 15) is 0 Å². The maximum absolute atomic E-state index is 5.62. The molecule has 0 spiro atoms. The van der Waals surface area contributed by atoms with Crippen molar-refractivity contribution in [3.05, 3.63) is 48.3 Å². The Hall–Kier alpha value is -2.21. The lowest BCUT2D eigenvalue weighted by Gasteiger charge is -2.23. The van der Waals surface area contributed by atoms with Crippen molar-refractivity contribution in [3.63, 3.8) is 0 Å². The largest absolute Gasteiger partial charge is 0.481 e. The third-order valence-electron chi connectivity index (χ3n) is 2.97. The summed E-state index contributed by atoms with van der Waals surface area (Å²) in [6, 6.07) is 9.62. The van der Waals surface area contributed by atoms with Crippen molar-refractivity contribution < 1.29 is 4.74 Å². The van der Waals surface area contributed by atoms with E-state index in [1.807, 2.05) is 36.5 Å². The van der Waals surface area contributed by atoms with Gasteiger partial charge in [0.15, 0.2) is 0 Å². The zero-order chi connectivity index (χ0) is 15.1. The van der Waals surface area contributed by atoms with Crippen molar-refractivity contribution in [2.75, 3.05) is 18.6 Å². The summed E-state index contributed by atoms with van der Waals surface area (Å²) in [5.74, 6) is 1.41. The van der Waals surface area contributed by atoms with E-state index in [0.29, 0.717) is 30.4 Å². The second kappa shape index (κ2) is 7.54. The Balaban J connectivity index is 2.20. The number of nitrogens with zero attached hydrogens (tertiary/aromatic N) is 3. The fourth-order valence-electron chi connectivity index (χ4n) is 1.93. The number of thiocarbonyl (C=S) groups is 1. The molecule has 0 atom stereocenters. The quantitative estimate of drug-likeness (QED) is 0.791. The molecule has 0 saturated carbocycles. The smallest absolute Gasteiger partial charge is 0.214 e. The van der Waals surface area contributed by atoms with Gasteiger partial charge in [0.2, 0.25) is 5.88 Å². The molecule has 21 heavy (non-hydrogen) atoms. The molecule has 5 nitrogen and oxygen atoms in total. The molecule has 110 valence electrons. The molecule has 0 aliphatic rings. The highest BCUT2D eigenvalue weighted by Gasteiger charge is 2.10. The number of aromatic nitrogens is 2. The van der Waals surface area contributed by atoms with Gasteiger partial charge in [-0.3, -0.25) is 4.98 Å². The fraction of sp³-hybridized carbons (Fsp3) is 0.267. The standard InChI is InChI=1S/C15H18N4OS/c1-20-15-6-2-5-14(18-15)19(9-7-13(16)21)11-12-4-3-8-17-10-12/h2-6,8,10H,7,9,11H2,1H3,(H2,16,21). The van der Waals surface area contributed by atoms with Gasteiger partial charge in [0.05, 0.1) is 12.1 Å². The van der Waals surface area contributed by atoms with E-state index in [-0.39, 0.29) is 0 Å². The van der Waals surface area contributed by atoms with Gasteiger partial charge in [0.1, 0.15) is 5.82 Å². The van der Waals surface area contributed by atoms with Crippen LogP contribution in [0.25, 0.3) is 0 Å². The number of nitrogens with two attached hydrogens (primary N) is 1. The minimum Gasteiger partial charge on any atom is -0.481 e. The van der Waals surface area contributed by atoms with E-state index in [1.54, 1.807) is 13.3 Å². The van der Waals surface area contributed by atoms with Crippen molar-refractivity contribution in [1.82, 2.24) is 9.97 Å². The van der Waals surface area contributed by atoms with Gasteiger partial charge in [-0.25, -0.2) is 0 Å². The molecule has 2 heterocycles. The molecule has 0 radical (unpaired) electrons. The maximum atomic E-state index is 5.62. The van der Waals surface area contributed by atoms with Crippen molar-refractivity contribution in [2.24, 2.45) is 5.73 Å². The SMILES string of the molecule is COc1cccc(N(CCC(N)=S)Cc2cccnc2)n1. The van der Waals surface area contributed by atoms with Gasteiger partial charge in [0.25, 0.3) is 0 Å². The molecule has 0 amide bonds. The third kappa shape index (κ3) is 4.68. The number of hydrogen-bond acceptors (Lipinski definition) is 5. The Morgan fingerprint density at radius 1 is 1.33 bits per heavy atom. The Morgan fingerprint density at radius 3 is 2.86 bits per heavy atom. The first-order valence-corrected chi connectivity index (χ1v) is 7.03. The third-order valence-corrected chi connectivity index (χ3v) is 3.17. The summed E-state index contributed by atoms with van der Waals surface area (Å²) >= 11 is 4.97. The van der Waals surface area contributed by atoms with E-state index < -0.39 is 0 Å². The van der Waals surface area contributed by atoms with Crippen molar-refractivity contribution >= 4 is 23.0 Å². The monoisotopic (exact) mass is 302 g/mol. The highest BCUT2D eigenvalue weighted by atomic mass is 32.1. The summed E-state index contributed by atoms with van der Waals surface area (Å²) < 4.78 is 5.18. The van der Waals surface area contributed by atoms with Crippen LogP contribution in [0.3, 0.4) is 0 Å². The molecular formula is C15H18N4OS. The van der Waals surface area contributed by atoms with E-state index in [0.717, 1.165) is 11.4 Å². The van der Waals surface area contributed by atoms with Gasteiger partial charge in [-0.15, -0.1) is 0 Å². The number of anilines is 1. The average Bonchev–Trinajstić information content (AvgIpc) is 2.52. The molecule has 0 saturated heterocycles. The summed E-state index contributed by atoms with van der Waals surface area (Å²) in [5.41, 5.74) is 6.72. The van der Waals surface area contributed by atoms with Crippen LogP contribution in [0, 0.1) is 0 Å². The van der Waals surface area contributed by atoms with Gasteiger partial charge in [-0.1, -0.05) is 24.4 Å². The molecule has 2 N–H and O–H groups in total. The Labute approximate surface area is 129 Å². The maximum Gasteiger partial charge on any atom is 0.214 e. The molecule has 2 rings (SSSR count). The van der Waals surface area contributed by atoms with E-state index in [4.69, 9.17) is 22.7 Å².